The lowest BCUT2D eigenvalue weighted by Gasteiger charge is -2.31. The highest BCUT2D eigenvalue weighted by atomic mass is 35.5. The molecule has 2 amide bonds. The van der Waals surface area contributed by atoms with Gasteiger partial charge >= 0.3 is 0 Å². The van der Waals surface area contributed by atoms with Crippen LogP contribution in [-0.2, 0) is 4.79 Å². The van der Waals surface area contributed by atoms with Crippen molar-refractivity contribution in [2.75, 3.05) is 11.9 Å². The number of benzene rings is 3. The number of carbonyl (C=O) groups is 2. The van der Waals surface area contributed by atoms with E-state index in [1.165, 1.54) is 6.07 Å². The molecule has 1 atom stereocenters. The van der Waals surface area contributed by atoms with E-state index < -0.39 is 6.04 Å². The molecule has 1 heterocycles. The Morgan fingerprint density at radius 1 is 1.03 bits per heavy atom. The highest BCUT2D eigenvalue weighted by molar-refractivity contribution is 6.36. The van der Waals surface area contributed by atoms with E-state index in [9.17, 15) is 9.59 Å². The van der Waals surface area contributed by atoms with E-state index in [2.05, 4.69) is 5.32 Å². The lowest BCUT2D eigenvalue weighted by atomic mass is 9.94. The molecule has 4 rings (SSSR count). The minimum atomic E-state index is -0.440. The number of amides is 2. The van der Waals surface area contributed by atoms with E-state index in [0.717, 1.165) is 16.7 Å². The fourth-order valence-electron chi connectivity index (χ4n) is 3.63. The Morgan fingerprint density at radius 3 is 2.52 bits per heavy atom. The average molecular weight is 425 g/mol. The van der Waals surface area contributed by atoms with Gasteiger partial charge in [-0.2, -0.15) is 0 Å². The van der Waals surface area contributed by atoms with Crippen molar-refractivity contribution in [2.45, 2.75) is 13.0 Å². The molecule has 146 valence electrons. The van der Waals surface area contributed by atoms with Crippen LogP contribution in [0.15, 0.2) is 66.7 Å². The number of aryl methyl sites for hydroxylation is 1. The topological polar surface area (TPSA) is 49.4 Å². The maximum atomic E-state index is 13.5. The first-order chi connectivity index (χ1) is 13.9. The normalized spacial score (nSPS) is 16.0. The van der Waals surface area contributed by atoms with Crippen LogP contribution in [0.3, 0.4) is 0 Å². The van der Waals surface area contributed by atoms with Crippen molar-refractivity contribution in [2.24, 2.45) is 0 Å². The number of carbonyl (C=O) groups excluding carboxylic acids is 2. The molecule has 0 bridgehead atoms. The molecule has 3 aromatic carbocycles. The van der Waals surface area contributed by atoms with Gasteiger partial charge in [-0.05, 0) is 36.8 Å². The Kier molecular flexibility index (Phi) is 5.31. The summed E-state index contributed by atoms with van der Waals surface area (Å²) in [6, 6.07) is 19.8. The van der Waals surface area contributed by atoms with E-state index in [-0.39, 0.29) is 23.4 Å². The zero-order valence-electron chi connectivity index (χ0n) is 15.7. The van der Waals surface area contributed by atoms with Crippen LogP contribution in [0.4, 0.5) is 5.69 Å². The second-order valence-electron chi connectivity index (χ2n) is 7.01. The van der Waals surface area contributed by atoms with E-state index >= 15 is 0 Å². The number of halogens is 2. The van der Waals surface area contributed by atoms with Crippen molar-refractivity contribution in [3.05, 3.63) is 99.0 Å². The van der Waals surface area contributed by atoms with Crippen molar-refractivity contribution in [3.63, 3.8) is 0 Å². The second-order valence-corrected chi connectivity index (χ2v) is 7.85. The fraction of sp³-hybridized carbons (Fsp3) is 0.130. The van der Waals surface area contributed by atoms with Crippen molar-refractivity contribution in [3.8, 4) is 0 Å². The van der Waals surface area contributed by atoms with Gasteiger partial charge in [-0.3, -0.25) is 9.59 Å². The van der Waals surface area contributed by atoms with Gasteiger partial charge in [-0.1, -0.05) is 71.2 Å². The van der Waals surface area contributed by atoms with Crippen molar-refractivity contribution in [1.82, 2.24) is 4.90 Å². The largest absolute Gasteiger partial charge is 0.324 e. The fourth-order valence-corrected chi connectivity index (χ4v) is 4.12. The van der Waals surface area contributed by atoms with Crippen LogP contribution in [0.5, 0.6) is 0 Å². The SMILES string of the molecule is Cc1ccc2c(c1)C(c1ccccc1)N(C(=O)c1ccc(Cl)cc1Cl)CC(=O)N2. The van der Waals surface area contributed by atoms with E-state index in [0.29, 0.717) is 16.3 Å². The lowest BCUT2D eigenvalue weighted by molar-refractivity contribution is -0.117. The Bertz CT molecular complexity index is 1100. The summed E-state index contributed by atoms with van der Waals surface area (Å²) in [5.74, 6) is -0.586. The molecule has 29 heavy (non-hydrogen) atoms. The van der Waals surface area contributed by atoms with Crippen LogP contribution in [0.1, 0.15) is 33.1 Å². The lowest BCUT2D eigenvalue weighted by Crippen LogP contribution is -2.39. The molecule has 0 saturated carbocycles. The van der Waals surface area contributed by atoms with E-state index in [1.807, 2.05) is 55.5 Å². The van der Waals surface area contributed by atoms with Gasteiger partial charge in [0.25, 0.3) is 5.91 Å². The quantitative estimate of drug-likeness (QED) is 0.591. The number of rotatable bonds is 2. The highest BCUT2D eigenvalue weighted by Gasteiger charge is 2.34. The number of fused-ring (bicyclic) bond motifs is 1. The third kappa shape index (κ3) is 3.86. The summed E-state index contributed by atoms with van der Waals surface area (Å²) in [4.78, 5) is 27.7. The van der Waals surface area contributed by atoms with Crippen molar-refractivity contribution >= 4 is 40.7 Å². The monoisotopic (exact) mass is 424 g/mol. The van der Waals surface area contributed by atoms with Gasteiger partial charge in [0.2, 0.25) is 5.91 Å². The summed E-state index contributed by atoms with van der Waals surface area (Å²) < 4.78 is 0. The second kappa shape index (κ2) is 7.90. The summed E-state index contributed by atoms with van der Waals surface area (Å²) in [6.07, 6.45) is 0. The van der Waals surface area contributed by atoms with Crippen LogP contribution in [-0.4, -0.2) is 23.3 Å². The number of hydrogen-bond acceptors (Lipinski definition) is 2. The van der Waals surface area contributed by atoms with Crippen LogP contribution in [0.2, 0.25) is 10.0 Å². The number of nitrogens with zero attached hydrogens (tertiary/aromatic N) is 1. The Labute approximate surface area is 179 Å². The third-order valence-corrected chi connectivity index (χ3v) is 5.49. The molecule has 1 aliphatic heterocycles. The van der Waals surface area contributed by atoms with Gasteiger partial charge in [0.1, 0.15) is 6.54 Å². The minimum absolute atomic E-state index is 0.0922. The van der Waals surface area contributed by atoms with Crippen LogP contribution in [0.25, 0.3) is 0 Å². The maximum Gasteiger partial charge on any atom is 0.256 e. The van der Waals surface area contributed by atoms with Crippen LogP contribution < -0.4 is 5.32 Å². The van der Waals surface area contributed by atoms with E-state index in [4.69, 9.17) is 23.2 Å². The maximum absolute atomic E-state index is 13.5. The molecule has 4 nitrogen and oxygen atoms in total. The Hall–Kier alpha value is -2.82. The first kappa shape index (κ1) is 19.5. The predicted octanol–water partition coefficient (Wildman–Crippen LogP) is 5.49. The third-order valence-electron chi connectivity index (χ3n) is 4.94. The van der Waals surface area contributed by atoms with E-state index in [1.54, 1.807) is 17.0 Å². The molecular weight excluding hydrogens is 407 g/mol. The van der Waals surface area contributed by atoms with Crippen LogP contribution in [0, 0.1) is 6.92 Å². The standard InChI is InChI=1S/C23H18Cl2N2O2/c1-14-7-10-20-18(11-14)22(15-5-3-2-4-6-15)27(13-21(28)26-20)23(29)17-9-8-16(24)12-19(17)25/h2-12,22H,13H2,1H3,(H,26,28). The summed E-state index contributed by atoms with van der Waals surface area (Å²) in [6.45, 7) is 1.89. The zero-order valence-corrected chi connectivity index (χ0v) is 17.2. The van der Waals surface area contributed by atoms with Gasteiger partial charge in [0.15, 0.2) is 0 Å². The smallest absolute Gasteiger partial charge is 0.256 e. The zero-order chi connectivity index (χ0) is 20.5. The van der Waals surface area contributed by atoms with Crippen LogP contribution >= 0.6 is 23.2 Å². The molecule has 1 N–H and O–H groups in total. The minimum Gasteiger partial charge on any atom is -0.324 e. The predicted molar refractivity (Wildman–Crippen MR) is 116 cm³/mol. The van der Waals surface area contributed by atoms with Gasteiger partial charge < -0.3 is 10.2 Å². The summed E-state index contributed by atoms with van der Waals surface area (Å²) >= 11 is 12.3. The molecule has 0 saturated heterocycles. The molecule has 0 aromatic heterocycles. The number of anilines is 1. The summed E-state index contributed by atoms with van der Waals surface area (Å²) in [7, 11) is 0. The summed E-state index contributed by atoms with van der Waals surface area (Å²) in [5.41, 5.74) is 3.82. The molecule has 0 aliphatic carbocycles. The highest BCUT2D eigenvalue weighted by Crippen LogP contribution is 2.37. The molecule has 1 aliphatic rings. The Morgan fingerprint density at radius 2 is 1.79 bits per heavy atom. The van der Waals surface area contributed by atoms with Gasteiger partial charge in [0.05, 0.1) is 16.6 Å². The molecule has 0 fully saturated rings. The molecule has 3 aromatic rings. The van der Waals surface area contributed by atoms with Crippen molar-refractivity contribution in [1.29, 1.82) is 0 Å². The molecular formula is C23H18Cl2N2O2. The average Bonchev–Trinajstić information content (AvgIpc) is 2.84. The number of hydrogen-bond donors (Lipinski definition) is 1. The van der Waals surface area contributed by atoms with Crippen molar-refractivity contribution < 1.29 is 9.59 Å². The Balaban J connectivity index is 1.90. The van der Waals surface area contributed by atoms with Gasteiger partial charge in [-0.25, -0.2) is 0 Å². The first-order valence-corrected chi connectivity index (χ1v) is 9.91. The van der Waals surface area contributed by atoms with Gasteiger partial charge in [-0.15, -0.1) is 0 Å². The summed E-state index contributed by atoms with van der Waals surface area (Å²) in [5, 5.41) is 3.62. The molecule has 6 heteroatoms. The molecule has 1 unspecified atom stereocenters. The molecule has 0 spiro atoms. The number of nitrogens with one attached hydrogen (secondary N) is 1. The first-order valence-electron chi connectivity index (χ1n) is 9.15. The molecule has 0 radical (unpaired) electrons. The van der Waals surface area contributed by atoms with Gasteiger partial charge in [0, 0.05) is 16.3 Å².